The molecule has 0 aliphatic rings. The Kier molecular flexibility index (Phi) is 73.3. The molecule has 580 valence electrons. The van der Waals surface area contributed by atoms with E-state index in [1.807, 2.05) is 6.92 Å². The molecular formula is C93H167NO5S. The van der Waals surface area contributed by atoms with Crippen LogP contribution in [0.2, 0.25) is 0 Å². The summed E-state index contributed by atoms with van der Waals surface area (Å²) in [6, 6.07) is 6.78. The van der Waals surface area contributed by atoms with E-state index in [1.54, 1.807) is 24.3 Å². The van der Waals surface area contributed by atoms with Gasteiger partial charge in [-0.1, -0.05) is 336 Å². The number of hydrogen-bond donors (Lipinski definition) is 2. The van der Waals surface area contributed by atoms with Gasteiger partial charge in [-0.15, -0.1) is 0 Å². The van der Waals surface area contributed by atoms with Gasteiger partial charge < -0.3 is 15.1 Å². The Balaban J connectivity index is 0.00000198. The molecule has 0 aliphatic heterocycles. The highest BCUT2D eigenvalue weighted by atomic mass is 32.2. The molecule has 0 unspecified atom stereocenters. The van der Waals surface area contributed by atoms with Crippen molar-refractivity contribution >= 4 is 10.1 Å². The zero-order chi connectivity index (χ0) is 72.9. The van der Waals surface area contributed by atoms with E-state index < -0.39 is 21.3 Å². The standard InChI is InChI=1S/C48H82O4S.C45H85NO/c1-4-6-8-10-12-14-16-18-20-22-24-26-28-30-32-34-42-48(49,44-36-37-45-52-53(50,51)47-40-38-46(3)39-41-47)43-35-33-31-29-27-25-23-21-19-17-15-13-11-9-7-5-2;1-5-9-11-13-15-17-19-21-23-25-27-29-31-33-35-37-41-45(47,43-39-40-44-46(7-3)8-4)42-38-36-34-32-30-28-26-24-22-20-18-16-14-12-10-6-2/h12-15,18-21,38-41,49H,4-11,16-17,22-37,42-45H2,1-3H3;15-18,21-24,47H,5-14,19-20,25-44H2,1-4H3/b14-12-,15-13-,20-18-,21-19-;17-15-,18-16-,23-21-,24-22-. The maximum Gasteiger partial charge on any atom is 0.296 e. The molecule has 0 atom stereocenters. The lowest BCUT2D eigenvalue weighted by Crippen LogP contribution is -2.29. The first-order valence-electron chi connectivity index (χ1n) is 43.3. The summed E-state index contributed by atoms with van der Waals surface area (Å²) in [6.07, 6.45) is 107. The highest BCUT2D eigenvalue weighted by molar-refractivity contribution is 7.86. The molecule has 0 aliphatic carbocycles. The first-order valence-corrected chi connectivity index (χ1v) is 44.7. The average molecular weight is 1410 g/mol. The van der Waals surface area contributed by atoms with E-state index in [2.05, 4.69) is 144 Å². The van der Waals surface area contributed by atoms with Gasteiger partial charge in [0.2, 0.25) is 0 Å². The van der Waals surface area contributed by atoms with E-state index in [0.29, 0.717) is 12.8 Å². The second kappa shape index (κ2) is 75.6. The van der Waals surface area contributed by atoms with Gasteiger partial charge in [0.25, 0.3) is 10.1 Å². The summed E-state index contributed by atoms with van der Waals surface area (Å²) in [4.78, 5) is 2.72. The second-order valence-corrected chi connectivity index (χ2v) is 31.4. The molecule has 100 heavy (non-hydrogen) atoms. The van der Waals surface area contributed by atoms with Crippen LogP contribution in [-0.2, 0) is 14.3 Å². The third kappa shape index (κ3) is 68.1. The van der Waals surface area contributed by atoms with Crippen LogP contribution in [0.4, 0.5) is 0 Å². The molecular weight excluding hydrogens is 1240 g/mol. The van der Waals surface area contributed by atoms with Crippen LogP contribution < -0.4 is 0 Å². The Hall–Kier alpha value is -3.07. The van der Waals surface area contributed by atoms with Gasteiger partial charge >= 0.3 is 0 Å². The first kappa shape index (κ1) is 96.9. The summed E-state index contributed by atoms with van der Waals surface area (Å²) in [7, 11) is -3.75. The molecule has 1 aromatic rings. The molecule has 0 bridgehead atoms. The van der Waals surface area contributed by atoms with Crippen molar-refractivity contribution in [1.82, 2.24) is 4.90 Å². The van der Waals surface area contributed by atoms with Crippen molar-refractivity contribution in [2.24, 2.45) is 0 Å². The van der Waals surface area contributed by atoms with Gasteiger partial charge in [-0.05, 0) is 231 Å². The van der Waals surface area contributed by atoms with Gasteiger partial charge in [-0.3, -0.25) is 4.18 Å². The van der Waals surface area contributed by atoms with Gasteiger partial charge in [0.1, 0.15) is 0 Å². The monoisotopic (exact) mass is 1410 g/mol. The van der Waals surface area contributed by atoms with Crippen LogP contribution in [0.1, 0.15) is 420 Å². The maximum absolute atomic E-state index is 12.6. The number of unbranched alkanes of at least 4 members (excludes halogenated alkanes) is 38. The highest BCUT2D eigenvalue weighted by Crippen LogP contribution is 2.31. The minimum Gasteiger partial charge on any atom is -0.390 e. The van der Waals surface area contributed by atoms with E-state index >= 15 is 0 Å². The molecule has 0 heterocycles. The molecule has 0 saturated heterocycles. The molecule has 0 spiro atoms. The summed E-state index contributed by atoms with van der Waals surface area (Å²) < 4.78 is 30.5. The summed E-state index contributed by atoms with van der Waals surface area (Å²) in [5.41, 5.74) is -0.0866. The summed E-state index contributed by atoms with van der Waals surface area (Å²) in [6.45, 7) is 19.1. The molecule has 7 heteroatoms. The predicted octanol–water partition coefficient (Wildman–Crippen LogP) is 29.6. The Labute approximate surface area is 624 Å². The number of rotatable bonds is 74. The minimum absolute atomic E-state index is 0.155. The van der Waals surface area contributed by atoms with Crippen LogP contribution >= 0.6 is 0 Å². The van der Waals surface area contributed by atoms with Crippen molar-refractivity contribution in [2.45, 2.75) is 437 Å². The van der Waals surface area contributed by atoms with Gasteiger partial charge in [0.05, 0.1) is 22.7 Å². The van der Waals surface area contributed by atoms with Crippen LogP contribution in [-0.4, -0.2) is 61.0 Å². The number of aryl methyl sites for hydroxylation is 1. The first-order chi connectivity index (χ1) is 48.9. The maximum atomic E-state index is 12.6. The van der Waals surface area contributed by atoms with Crippen LogP contribution in [0.15, 0.2) is 126 Å². The molecule has 0 fully saturated rings. The SMILES string of the molecule is CCCCC/C=C\C/C=C\CCCCCCCCC(O)(CCCCCCCC/C=C\C/C=C\CCCCC)CCCCN(CC)CC.CCCCC/C=C\C/C=C\CCCCCCCCC(O)(CCCCCCCC/C=C\C/C=C\CCCCC)CCCCOS(=O)(=O)c1ccc(C)cc1. The highest BCUT2D eigenvalue weighted by Gasteiger charge is 2.27. The number of allylic oxidation sites excluding steroid dienone is 16. The molecule has 0 aromatic heterocycles. The van der Waals surface area contributed by atoms with E-state index in [4.69, 9.17) is 4.18 Å². The van der Waals surface area contributed by atoms with Crippen molar-refractivity contribution in [3.63, 3.8) is 0 Å². The minimum atomic E-state index is -3.75. The van der Waals surface area contributed by atoms with Crippen LogP contribution in [0.5, 0.6) is 0 Å². The Morgan fingerprint density at radius 3 is 0.800 bits per heavy atom. The molecule has 0 saturated carbocycles. The molecule has 1 aromatic carbocycles. The fourth-order valence-electron chi connectivity index (χ4n) is 13.3. The fraction of sp³-hybridized carbons (Fsp3) is 0.763. The van der Waals surface area contributed by atoms with Crippen LogP contribution in [0.25, 0.3) is 0 Å². The number of benzene rings is 1. The predicted molar refractivity (Wildman–Crippen MR) is 446 cm³/mol. The average Bonchev–Trinajstić information content (AvgIpc) is 1.49. The topological polar surface area (TPSA) is 87.1 Å². The molecule has 2 N–H and O–H groups in total. The number of hydrogen-bond acceptors (Lipinski definition) is 6. The summed E-state index contributed by atoms with van der Waals surface area (Å²) in [5.74, 6) is 0. The van der Waals surface area contributed by atoms with Crippen molar-refractivity contribution in [1.29, 1.82) is 0 Å². The number of aliphatic hydroxyl groups is 2. The molecule has 0 amide bonds. The third-order valence-corrected chi connectivity index (χ3v) is 21.5. The quantitative estimate of drug-likeness (QED) is 0.0384. The normalized spacial score (nSPS) is 12.8. The van der Waals surface area contributed by atoms with Crippen molar-refractivity contribution in [3.05, 3.63) is 127 Å². The third-order valence-electron chi connectivity index (χ3n) is 20.2. The Morgan fingerprint density at radius 2 is 0.540 bits per heavy atom. The largest absolute Gasteiger partial charge is 0.390 e. The van der Waals surface area contributed by atoms with E-state index in [-0.39, 0.29) is 11.5 Å². The molecule has 1 rings (SSSR count). The van der Waals surface area contributed by atoms with E-state index in [9.17, 15) is 18.6 Å². The zero-order valence-electron chi connectivity index (χ0n) is 67.4. The van der Waals surface area contributed by atoms with Crippen LogP contribution in [0.3, 0.4) is 0 Å². The van der Waals surface area contributed by atoms with Crippen molar-refractivity contribution in [2.75, 3.05) is 26.2 Å². The molecule has 0 radical (unpaired) electrons. The lowest BCUT2D eigenvalue weighted by molar-refractivity contribution is 0.00617. The van der Waals surface area contributed by atoms with Gasteiger partial charge in [-0.25, -0.2) is 0 Å². The number of nitrogens with zero attached hydrogens (tertiary/aromatic N) is 1. The van der Waals surface area contributed by atoms with Crippen LogP contribution in [0, 0.1) is 6.92 Å². The van der Waals surface area contributed by atoms with Crippen molar-refractivity contribution in [3.8, 4) is 0 Å². The van der Waals surface area contributed by atoms with Gasteiger partial charge in [0.15, 0.2) is 0 Å². The molecule has 6 nitrogen and oxygen atoms in total. The summed E-state index contributed by atoms with van der Waals surface area (Å²) in [5, 5.41) is 23.4. The smallest absolute Gasteiger partial charge is 0.296 e. The van der Waals surface area contributed by atoms with Gasteiger partial charge in [-0.2, -0.15) is 8.42 Å². The lowest BCUT2D eigenvalue weighted by atomic mass is 9.85. The van der Waals surface area contributed by atoms with Gasteiger partial charge in [0, 0.05) is 0 Å². The van der Waals surface area contributed by atoms with E-state index in [0.717, 1.165) is 102 Å². The lowest BCUT2D eigenvalue weighted by Gasteiger charge is -2.29. The Morgan fingerprint density at radius 1 is 0.310 bits per heavy atom. The summed E-state index contributed by atoms with van der Waals surface area (Å²) >= 11 is 0. The fourth-order valence-corrected chi connectivity index (χ4v) is 14.3. The zero-order valence-corrected chi connectivity index (χ0v) is 68.2. The Bertz CT molecular complexity index is 2100. The van der Waals surface area contributed by atoms with Crippen molar-refractivity contribution < 1.29 is 22.8 Å². The van der Waals surface area contributed by atoms with E-state index in [1.165, 1.54) is 283 Å². The second-order valence-electron chi connectivity index (χ2n) is 29.8.